The van der Waals surface area contributed by atoms with Crippen LogP contribution in [0.4, 0.5) is 10.2 Å². The number of rotatable bonds is 3. The Bertz CT molecular complexity index is 469. The Morgan fingerprint density at radius 1 is 1.56 bits per heavy atom. The molecular weight excluding hydrogens is 219 g/mol. The summed E-state index contributed by atoms with van der Waals surface area (Å²) in [5, 5.41) is 19.3. The van der Waals surface area contributed by atoms with E-state index in [0.717, 1.165) is 6.07 Å². The third-order valence-electron chi connectivity index (χ3n) is 1.89. The number of halogens is 1. The monoisotopic (exact) mass is 224 g/mol. The maximum atomic E-state index is 11.7. The van der Waals surface area contributed by atoms with Gasteiger partial charge in [-0.1, -0.05) is 18.2 Å². The van der Waals surface area contributed by atoms with Crippen LogP contribution in [0.3, 0.4) is 0 Å². The average molecular weight is 224 g/mol. The highest BCUT2D eigenvalue weighted by atomic mass is 19.3. The summed E-state index contributed by atoms with van der Waals surface area (Å²) in [5.74, 6) is -3.12. The summed E-state index contributed by atoms with van der Waals surface area (Å²) in [7, 11) is 0. The smallest absolute Gasteiger partial charge is 0.258 e. The van der Waals surface area contributed by atoms with Crippen molar-refractivity contribution in [2.45, 2.75) is 5.92 Å². The average Bonchev–Trinajstić information content (AvgIpc) is 2.30. The van der Waals surface area contributed by atoms with Crippen molar-refractivity contribution in [3.63, 3.8) is 0 Å². The van der Waals surface area contributed by atoms with Gasteiger partial charge in [0.15, 0.2) is 5.92 Å². The Kier molecular flexibility index (Phi) is 3.50. The fourth-order valence-electron chi connectivity index (χ4n) is 1.19. The minimum Gasteiger partial charge on any atom is -0.258 e. The Balaban J connectivity index is 3.26. The predicted octanol–water partition coefficient (Wildman–Crippen LogP) is 1.63. The number of nitro groups is 1. The van der Waals surface area contributed by atoms with Crippen LogP contribution >= 0.6 is 0 Å². The maximum absolute atomic E-state index is 11.7. The van der Waals surface area contributed by atoms with Crippen molar-refractivity contribution < 1.29 is 19.2 Å². The molecule has 1 aromatic rings. The zero-order valence-electron chi connectivity index (χ0n) is 7.79. The molecule has 0 amide bonds. The van der Waals surface area contributed by atoms with Gasteiger partial charge in [0.25, 0.3) is 5.69 Å². The van der Waals surface area contributed by atoms with Gasteiger partial charge in [0.05, 0.1) is 16.6 Å². The maximum Gasteiger partial charge on any atom is 0.370 e. The molecule has 0 aliphatic carbocycles. The summed E-state index contributed by atoms with van der Waals surface area (Å²) in [5.41, 5.74) is -0.628. The first-order valence-corrected chi connectivity index (χ1v) is 4.07. The molecule has 7 heteroatoms. The van der Waals surface area contributed by atoms with Gasteiger partial charge in [0.1, 0.15) is 0 Å². The lowest BCUT2D eigenvalue weighted by atomic mass is 9.99. The molecule has 0 heterocycles. The van der Waals surface area contributed by atoms with E-state index in [0.29, 0.717) is 0 Å². The van der Waals surface area contributed by atoms with E-state index in [1.54, 1.807) is 0 Å². The molecule has 0 aliphatic rings. The van der Waals surface area contributed by atoms with E-state index in [9.17, 15) is 19.4 Å². The normalized spacial score (nSPS) is 11.2. The second-order valence-corrected chi connectivity index (χ2v) is 2.77. The Morgan fingerprint density at radius 3 is 2.69 bits per heavy atom. The van der Waals surface area contributed by atoms with Crippen molar-refractivity contribution in [2.24, 2.45) is 0 Å². The van der Waals surface area contributed by atoms with Crippen LogP contribution in [0.5, 0.6) is 0 Å². The molecule has 1 unspecified atom stereocenters. The molecule has 0 bridgehead atoms. The van der Waals surface area contributed by atoms with Crippen molar-refractivity contribution in [1.29, 1.82) is 5.26 Å². The predicted molar refractivity (Wildman–Crippen MR) is 48.7 cm³/mol. The number of nitriles is 1. The van der Waals surface area contributed by atoms with Gasteiger partial charge in [0.2, 0.25) is 0 Å². The van der Waals surface area contributed by atoms with Crippen LogP contribution in [0.1, 0.15) is 11.5 Å². The van der Waals surface area contributed by atoms with Gasteiger partial charge in [-0.25, -0.2) is 4.79 Å². The van der Waals surface area contributed by atoms with Crippen molar-refractivity contribution >= 4 is 11.7 Å². The van der Waals surface area contributed by atoms with Crippen molar-refractivity contribution in [3.8, 4) is 6.07 Å². The number of carbonyl (C=O) groups excluding carboxylic acids is 1. The van der Waals surface area contributed by atoms with Gasteiger partial charge < -0.3 is 0 Å². The van der Waals surface area contributed by atoms with E-state index in [1.165, 1.54) is 24.3 Å². The van der Waals surface area contributed by atoms with Crippen molar-refractivity contribution in [3.05, 3.63) is 39.9 Å². The van der Waals surface area contributed by atoms with Crippen LogP contribution in [-0.4, -0.2) is 10.9 Å². The highest BCUT2D eigenvalue weighted by molar-refractivity contribution is 5.82. The summed E-state index contributed by atoms with van der Waals surface area (Å²) in [6, 6.07) is 6.53. The summed E-state index contributed by atoms with van der Waals surface area (Å²) < 4.78 is 11.7. The number of hydrogen-bond acceptors (Lipinski definition) is 5. The molecule has 0 radical (unpaired) electrons. The zero-order chi connectivity index (χ0) is 12.1. The highest BCUT2D eigenvalue weighted by Crippen LogP contribution is 2.26. The molecule has 0 saturated heterocycles. The first-order chi connectivity index (χ1) is 7.61. The third-order valence-corrected chi connectivity index (χ3v) is 1.89. The second-order valence-electron chi connectivity index (χ2n) is 2.77. The van der Waals surface area contributed by atoms with Gasteiger partial charge in [0, 0.05) is 10.6 Å². The van der Waals surface area contributed by atoms with E-state index in [1.807, 2.05) is 0 Å². The van der Waals surface area contributed by atoms with E-state index in [-0.39, 0.29) is 5.56 Å². The number of benzene rings is 1. The van der Waals surface area contributed by atoms with Crippen LogP contribution in [-0.2, 0) is 9.74 Å². The van der Waals surface area contributed by atoms with E-state index < -0.39 is 22.5 Å². The first-order valence-electron chi connectivity index (χ1n) is 4.07. The molecule has 0 fully saturated rings. The van der Waals surface area contributed by atoms with E-state index in [4.69, 9.17) is 5.26 Å². The van der Waals surface area contributed by atoms with Gasteiger partial charge in [-0.2, -0.15) is 5.26 Å². The highest BCUT2D eigenvalue weighted by Gasteiger charge is 2.29. The second kappa shape index (κ2) is 4.84. The molecule has 6 nitrogen and oxygen atoms in total. The lowest BCUT2D eigenvalue weighted by Crippen LogP contribution is -2.12. The number of para-hydroxylation sites is 1. The third kappa shape index (κ3) is 2.12. The fourth-order valence-corrected chi connectivity index (χ4v) is 1.19. The summed E-state index contributed by atoms with van der Waals surface area (Å²) >= 11 is 0. The molecule has 0 spiro atoms. The van der Waals surface area contributed by atoms with Gasteiger partial charge >= 0.3 is 5.97 Å². The molecule has 82 valence electrons. The van der Waals surface area contributed by atoms with Crippen molar-refractivity contribution in [2.75, 3.05) is 0 Å². The summed E-state index contributed by atoms with van der Waals surface area (Å²) in [6.07, 6.45) is 0. The SMILES string of the molecule is N#CC(C(=O)OF)c1ccccc1[N+](=O)[O-]. The molecule has 1 rings (SSSR count). The minimum absolute atomic E-state index is 0.197. The number of nitrogens with zero attached hydrogens (tertiary/aromatic N) is 2. The molecule has 0 saturated carbocycles. The number of carbonyl (C=O) groups is 1. The Labute approximate surface area is 88.9 Å². The minimum atomic E-state index is -1.65. The van der Waals surface area contributed by atoms with Crippen LogP contribution in [0.2, 0.25) is 0 Å². The van der Waals surface area contributed by atoms with Crippen LogP contribution in [0, 0.1) is 21.4 Å². The summed E-state index contributed by atoms with van der Waals surface area (Å²) in [6.45, 7) is 0. The van der Waals surface area contributed by atoms with Gasteiger partial charge in [-0.3, -0.25) is 15.1 Å². The first kappa shape index (κ1) is 11.6. The zero-order valence-corrected chi connectivity index (χ0v) is 7.79. The Hall–Kier alpha value is -2.49. The molecular formula is C9H5FN2O4. The van der Waals surface area contributed by atoms with Gasteiger partial charge in [-0.15, -0.1) is 0 Å². The largest absolute Gasteiger partial charge is 0.370 e. The standard InChI is InChI=1S/C9H5FN2O4/c10-16-9(13)7(5-11)6-3-1-2-4-8(6)12(14)15/h1-4,7H. The van der Waals surface area contributed by atoms with E-state index >= 15 is 0 Å². The lowest BCUT2D eigenvalue weighted by molar-refractivity contribution is -0.385. The number of nitro benzene ring substituents is 1. The van der Waals surface area contributed by atoms with E-state index in [2.05, 4.69) is 4.94 Å². The topological polar surface area (TPSA) is 93.2 Å². The molecule has 1 atom stereocenters. The molecule has 0 N–H and O–H groups in total. The quantitative estimate of drug-likeness (QED) is 0.574. The lowest BCUT2D eigenvalue weighted by Gasteiger charge is -2.04. The van der Waals surface area contributed by atoms with Crippen LogP contribution in [0.25, 0.3) is 0 Å². The number of hydrogen-bond donors (Lipinski definition) is 0. The molecule has 16 heavy (non-hydrogen) atoms. The van der Waals surface area contributed by atoms with Gasteiger partial charge in [-0.05, 0) is 0 Å². The van der Waals surface area contributed by atoms with Crippen molar-refractivity contribution in [1.82, 2.24) is 0 Å². The fraction of sp³-hybridized carbons (Fsp3) is 0.111. The van der Waals surface area contributed by atoms with Crippen LogP contribution < -0.4 is 0 Å². The Morgan fingerprint density at radius 2 is 2.19 bits per heavy atom. The van der Waals surface area contributed by atoms with Crippen LogP contribution in [0.15, 0.2) is 24.3 Å². The molecule has 1 aromatic carbocycles. The molecule has 0 aliphatic heterocycles. The molecule has 0 aromatic heterocycles. The summed E-state index contributed by atoms with van der Waals surface area (Å²) in [4.78, 5) is 23.6.